The monoisotopic (exact) mass is 423 g/mol. The van der Waals surface area contributed by atoms with E-state index in [1.807, 2.05) is 0 Å². The van der Waals surface area contributed by atoms with Gasteiger partial charge in [-0.3, -0.25) is 35.1 Å². The van der Waals surface area contributed by atoms with E-state index in [4.69, 9.17) is 5.11 Å². The molecule has 4 rings (SSSR count). The summed E-state index contributed by atoms with van der Waals surface area (Å²) in [4.78, 5) is 42.0. The summed E-state index contributed by atoms with van der Waals surface area (Å²) < 4.78 is 0. The van der Waals surface area contributed by atoms with Gasteiger partial charge in [0.1, 0.15) is 0 Å². The Bertz CT molecular complexity index is 856. The second kappa shape index (κ2) is 8.57. The third-order valence-electron chi connectivity index (χ3n) is 5.77. The van der Waals surface area contributed by atoms with Crippen LogP contribution in [0.15, 0.2) is 12.1 Å². The van der Waals surface area contributed by atoms with Gasteiger partial charge in [-0.15, -0.1) is 0 Å². The van der Waals surface area contributed by atoms with Crippen LogP contribution in [0, 0.1) is 42.2 Å². The molecule has 3 atom stereocenters. The number of fused-ring (bicyclic) bond motifs is 4. The van der Waals surface area contributed by atoms with Crippen molar-refractivity contribution in [1.82, 2.24) is 10.2 Å². The van der Waals surface area contributed by atoms with Gasteiger partial charge in [0.05, 0.1) is 32.8 Å². The van der Waals surface area contributed by atoms with E-state index in [1.54, 1.807) is 0 Å². The average Bonchev–Trinajstić information content (AvgIpc) is 2.72. The largest absolute Gasteiger partial charge is 0.497 e. The maximum Gasteiger partial charge on any atom is 0.324 e. The zero-order valence-electron chi connectivity index (χ0n) is 15.9. The molecule has 0 aromatic heterocycles. The van der Waals surface area contributed by atoms with Crippen LogP contribution in [-0.2, 0) is 4.79 Å². The predicted molar refractivity (Wildman–Crippen MR) is 102 cm³/mol. The highest BCUT2D eigenvalue weighted by molar-refractivity contribution is 5.80. The normalized spacial score (nSPS) is 24.9. The van der Waals surface area contributed by atoms with Gasteiger partial charge in [-0.2, -0.15) is 0 Å². The van der Waals surface area contributed by atoms with Gasteiger partial charge < -0.3 is 15.3 Å². The molecule has 1 amide bonds. The molecule has 3 fully saturated rings. The van der Waals surface area contributed by atoms with E-state index >= 15 is 0 Å². The highest BCUT2D eigenvalue weighted by atomic mass is 16.6. The van der Waals surface area contributed by atoms with Gasteiger partial charge >= 0.3 is 11.4 Å². The number of hydrogen-bond donors (Lipinski definition) is 2. The van der Waals surface area contributed by atoms with E-state index < -0.39 is 37.6 Å². The molecule has 3 aliphatic heterocycles. The number of nitro groups is 3. The molecule has 0 spiro atoms. The van der Waals surface area contributed by atoms with Gasteiger partial charge in [0.25, 0.3) is 11.4 Å². The molecule has 3 saturated heterocycles. The van der Waals surface area contributed by atoms with E-state index in [1.165, 1.54) is 19.3 Å². The smallest absolute Gasteiger partial charge is 0.324 e. The van der Waals surface area contributed by atoms with Gasteiger partial charge in [0.15, 0.2) is 0 Å². The zero-order chi connectivity index (χ0) is 22.0. The van der Waals surface area contributed by atoms with Gasteiger partial charge in [0, 0.05) is 19.1 Å². The van der Waals surface area contributed by atoms with Crippen LogP contribution in [0.2, 0.25) is 0 Å². The second-order valence-corrected chi connectivity index (χ2v) is 7.55. The number of nitro benzene ring substituents is 3. The van der Waals surface area contributed by atoms with Crippen LogP contribution in [-0.4, -0.2) is 56.4 Å². The summed E-state index contributed by atoms with van der Waals surface area (Å²) in [6.45, 7) is 3.07. The quantitative estimate of drug-likeness (QED) is 0.540. The number of nitrogens with one attached hydrogen (secondary N) is 1. The van der Waals surface area contributed by atoms with Crippen molar-refractivity contribution in [2.45, 2.75) is 31.7 Å². The number of hydrogen-bond acceptors (Lipinski definition) is 9. The van der Waals surface area contributed by atoms with Crippen molar-refractivity contribution >= 4 is 23.0 Å². The lowest BCUT2D eigenvalue weighted by molar-refractivity contribution is -0.404. The van der Waals surface area contributed by atoms with Crippen LogP contribution in [0.4, 0.5) is 17.1 Å². The summed E-state index contributed by atoms with van der Waals surface area (Å²) in [5.41, 5.74) is -3.00. The number of phenolic OH excluding ortho intramolecular Hbond substituents is 1. The summed E-state index contributed by atoms with van der Waals surface area (Å²) >= 11 is 0. The number of benzene rings is 1. The number of phenols is 1. The molecule has 0 radical (unpaired) electrons. The van der Waals surface area contributed by atoms with Crippen LogP contribution in [0.3, 0.4) is 0 Å². The molecule has 1 aromatic rings. The third kappa shape index (κ3) is 4.15. The van der Waals surface area contributed by atoms with Crippen molar-refractivity contribution in [3.63, 3.8) is 0 Å². The molecule has 3 aliphatic rings. The summed E-state index contributed by atoms with van der Waals surface area (Å²) in [5.74, 6) is 0.258. The Balaban J connectivity index is 0.000000171. The SMILES string of the molecule is O=C1C2CNCC(C2)C2CCCCN12.O=[N+]([O-])c1cc([N+](=O)[O-])c(O)c([N+](=O)[O-])c1. The number of aromatic hydroxyl groups is 1. The lowest BCUT2D eigenvalue weighted by atomic mass is 9.76. The fourth-order valence-electron chi connectivity index (χ4n) is 4.39. The van der Waals surface area contributed by atoms with Crippen molar-refractivity contribution in [1.29, 1.82) is 0 Å². The number of amides is 1. The molecule has 3 unspecified atom stereocenters. The third-order valence-corrected chi connectivity index (χ3v) is 5.77. The topological polar surface area (TPSA) is 182 Å². The maximum atomic E-state index is 12.1. The van der Waals surface area contributed by atoms with E-state index in [9.17, 15) is 35.1 Å². The van der Waals surface area contributed by atoms with Crippen molar-refractivity contribution in [3.8, 4) is 5.75 Å². The van der Waals surface area contributed by atoms with E-state index in [0.717, 1.165) is 32.0 Å². The molecule has 2 bridgehead atoms. The van der Waals surface area contributed by atoms with Crippen LogP contribution >= 0.6 is 0 Å². The van der Waals surface area contributed by atoms with E-state index in [2.05, 4.69) is 10.2 Å². The minimum Gasteiger partial charge on any atom is -0.497 e. The van der Waals surface area contributed by atoms with Crippen LogP contribution < -0.4 is 5.32 Å². The number of piperidine rings is 3. The molecule has 3 heterocycles. The number of nitrogens with zero attached hydrogens (tertiary/aromatic N) is 4. The molecule has 162 valence electrons. The molecule has 1 aromatic carbocycles. The summed E-state index contributed by atoms with van der Waals surface area (Å²) in [5, 5.41) is 43.6. The Morgan fingerprint density at radius 3 is 2.20 bits per heavy atom. The van der Waals surface area contributed by atoms with Gasteiger partial charge in [-0.05, 0) is 38.1 Å². The summed E-state index contributed by atoms with van der Waals surface area (Å²) in [6, 6.07) is 1.46. The second-order valence-electron chi connectivity index (χ2n) is 7.55. The van der Waals surface area contributed by atoms with Gasteiger partial charge in [-0.1, -0.05) is 0 Å². The first-order valence-electron chi connectivity index (χ1n) is 9.52. The van der Waals surface area contributed by atoms with E-state index in [0.29, 0.717) is 30.0 Å². The first-order chi connectivity index (χ1) is 14.2. The molecule has 13 heteroatoms. The van der Waals surface area contributed by atoms with Gasteiger partial charge in [-0.25, -0.2) is 0 Å². The first kappa shape index (κ1) is 21.4. The van der Waals surface area contributed by atoms with Crippen LogP contribution in [0.1, 0.15) is 25.7 Å². The lowest BCUT2D eigenvalue weighted by Crippen LogP contribution is -2.60. The molecule has 30 heavy (non-hydrogen) atoms. The Hall–Kier alpha value is -3.35. The Labute approximate surface area is 170 Å². The number of carbonyl (C=O) groups is 1. The highest BCUT2D eigenvalue weighted by Gasteiger charge is 2.44. The fraction of sp³-hybridized carbons (Fsp3) is 0.588. The van der Waals surface area contributed by atoms with Crippen molar-refractivity contribution < 1.29 is 24.7 Å². The van der Waals surface area contributed by atoms with Gasteiger partial charge in [0.2, 0.25) is 5.91 Å². The standard InChI is InChI=1S/C11H18N2O.C6H3N3O7/c14-11-9-5-8(6-12-7-9)10-3-1-2-4-13(10)11;10-6-4(8(13)14)1-3(7(11)12)2-5(6)9(15)16/h8-10,12H,1-7H2;1-2,10H. The van der Waals surface area contributed by atoms with E-state index in [-0.39, 0.29) is 0 Å². The number of rotatable bonds is 3. The summed E-state index contributed by atoms with van der Waals surface area (Å²) in [6.07, 6.45) is 4.92. The Kier molecular flexibility index (Phi) is 6.10. The van der Waals surface area contributed by atoms with Crippen molar-refractivity contribution in [3.05, 3.63) is 42.5 Å². The minimum atomic E-state index is -1.21. The lowest BCUT2D eigenvalue weighted by Gasteiger charge is -2.49. The first-order valence-corrected chi connectivity index (χ1v) is 9.52. The minimum absolute atomic E-state index is 0.295. The zero-order valence-corrected chi connectivity index (χ0v) is 15.9. The van der Waals surface area contributed by atoms with Crippen LogP contribution in [0.25, 0.3) is 0 Å². The van der Waals surface area contributed by atoms with Crippen LogP contribution in [0.5, 0.6) is 5.75 Å². The molecular formula is C17H21N5O8. The fourth-order valence-corrected chi connectivity index (χ4v) is 4.39. The molecule has 0 saturated carbocycles. The molecule has 2 N–H and O–H groups in total. The summed E-state index contributed by atoms with van der Waals surface area (Å²) in [7, 11) is 0. The highest BCUT2D eigenvalue weighted by Crippen LogP contribution is 2.39. The molecule has 13 nitrogen and oxygen atoms in total. The van der Waals surface area contributed by atoms with Crippen molar-refractivity contribution in [2.75, 3.05) is 19.6 Å². The molecular weight excluding hydrogens is 402 g/mol. The maximum absolute atomic E-state index is 12.1. The Morgan fingerprint density at radius 2 is 1.63 bits per heavy atom. The number of carbonyl (C=O) groups excluding carboxylic acids is 1. The number of non-ortho nitro benzene ring substituents is 1. The van der Waals surface area contributed by atoms with Crippen molar-refractivity contribution in [2.24, 2.45) is 11.8 Å². The Morgan fingerprint density at radius 1 is 1.00 bits per heavy atom. The predicted octanol–water partition coefficient (Wildman–Crippen LogP) is 1.72. The molecule has 0 aliphatic carbocycles. The average molecular weight is 423 g/mol.